The number of amides is 1. The fourth-order valence-corrected chi connectivity index (χ4v) is 4.31. The molecule has 0 atom stereocenters. The average molecular weight is 435 g/mol. The zero-order chi connectivity index (χ0) is 22.5. The van der Waals surface area contributed by atoms with E-state index in [0.29, 0.717) is 6.04 Å². The first-order chi connectivity index (χ1) is 15.6. The van der Waals surface area contributed by atoms with Crippen LogP contribution >= 0.6 is 0 Å². The lowest BCUT2D eigenvalue weighted by atomic mass is 9.98. The first kappa shape index (κ1) is 22.3. The monoisotopic (exact) mass is 434 g/mol. The van der Waals surface area contributed by atoms with Crippen LogP contribution in [0, 0.1) is 5.92 Å². The van der Waals surface area contributed by atoms with E-state index in [-0.39, 0.29) is 0 Å². The van der Waals surface area contributed by atoms with Gasteiger partial charge in [-0.15, -0.1) is 0 Å². The number of pyridine rings is 1. The van der Waals surface area contributed by atoms with E-state index in [2.05, 4.69) is 47.3 Å². The van der Waals surface area contributed by atoms with E-state index < -0.39 is 0 Å². The highest BCUT2D eigenvalue weighted by molar-refractivity contribution is 5.86. The number of carbonyl (C=O) groups is 1. The molecule has 1 amide bonds. The fourth-order valence-electron chi connectivity index (χ4n) is 4.31. The van der Waals surface area contributed by atoms with Gasteiger partial charge in [-0.3, -0.25) is 4.79 Å². The molecule has 1 saturated heterocycles. The van der Waals surface area contributed by atoms with Crippen LogP contribution in [0.2, 0.25) is 0 Å². The maximum absolute atomic E-state index is 11.4. The fraction of sp³-hybridized carbons (Fsp3) is 0.462. The number of nitrogens with one attached hydrogen (secondary N) is 2. The Morgan fingerprint density at radius 3 is 2.81 bits per heavy atom. The lowest BCUT2D eigenvalue weighted by molar-refractivity contribution is -0.105. The molecule has 170 valence electrons. The predicted octanol–water partition coefficient (Wildman–Crippen LogP) is 4.44. The van der Waals surface area contributed by atoms with Crippen molar-refractivity contribution < 1.29 is 9.53 Å². The summed E-state index contributed by atoms with van der Waals surface area (Å²) in [6, 6.07) is 2.38. The molecule has 0 spiro atoms. The molecule has 1 aromatic heterocycles. The Balaban J connectivity index is 1.61. The third-order valence-corrected chi connectivity index (χ3v) is 6.60. The predicted molar refractivity (Wildman–Crippen MR) is 130 cm³/mol. The normalized spacial score (nSPS) is 19.2. The number of anilines is 2. The molecule has 6 nitrogen and oxygen atoms in total. The van der Waals surface area contributed by atoms with Crippen LogP contribution in [0.15, 0.2) is 53.9 Å². The second-order valence-corrected chi connectivity index (χ2v) is 9.01. The second-order valence-electron chi connectivity index (χ2n) is 9.01. The van der Waals surface area contributed by atoms with Gasteiger partial charge in [-0.25, -0.2) is 4.98 Å². The van der Waals surface area contributed by atoms with E-state index in [1.165, 1.54) is 18.4 Å². The third-order valence-electron chi connectivity index (χ3n) is 6.60. The lowest BCUT2D eigenvalue weighted by Gasteiger charge is -2.33. The summed E-state index contributed by atoms with van der Waals surface area (Å²) >= 11 is 0. The Labute approximate surface area is 191 Å². The Hall–Kier alpha value is -2.86. The van der Waals surface area contributed by atoms with Crippen molar-refractivity contribution >= 4 is 23.5 Å². The molecule has 1 saturated carbocycles. The Morgan fingerprint density at radius 2 is 2.09 bits per heavy atom. The molecule has 2 N–H and O–H groups in total. The molecule has 0 bridgehead atoms. The van der Waals surface area contributed by atoms with Gasteiger partial charge in [-0.2, -0.15) is 0 Å². The summed E-state index contributed by atoms with van der Waals surface area (Å²) in [5.74, 6) is 1.58. The molecule has 0 aromatic carbocycles. The van der Waals surface area contributed by atoms with Crippen LogP contribution < -0.4 is 15.5 Å². The second kappa shape index (κ2) is 10.2. The van der Waals surface area contributed by atoms with Crippen LogP contribution in [0.3, 0.4) is 0 Å². The number of carbonyl (C=O) groups excluding carboxylic acids is 1. The van der Waals surface area contributed by atoms with Crippen molar-refractivity contribution in [3.63, 3.8) is 0 Å². The molecule has 4 rings (SSSR count). The van der Waals surface area contributed by atoms with Gasteiger partial charge in [0.15, 0.2) is 5.82 Å². The van der Waals surface area contributed by atoms with Crippen LogP contribution in [0.4, 0.5) is 11.5 Å². The summed E-state index contributed by atoms with van der Waals surface area (Å²) in [6.07, 6.45) is 14.6. The number of aromatic nitrogens is 1. The smallest absolute Gasteiger partial charge is 0.211 e. The van der Waals surface area contributed by atoms with Crippen LogP contribution in [0.25, 0.3) is 5.57 Å². The van der Waals surface area contributed by atoms with Crippen LogP contribution in [-0.4, -0.2) is 44.2 Å². The molecular weight excluding hydrogens is 400 g/mol. The van der Waals surface area contributed by atoms with Crippen molar-refractivity contribution in [2.45, 2.75) is 45.1 Å². The Morgan fingerprint density at radius 1 is 1.31 bits per heavy atom. The number of allylic oxidation sites excluding steroid dienone is 5. The molecule has 3 aliphatic rings. The summed E-state index contributed by atoms with van der Waals surface area (Å²) < 4.78 is 5.50. The highest BCUT2D eigenvalue weighted by Crippen LogP contribution is 2.34. The van der Waals surface area contributed by atoms with Crippen LogP contribution in [-0.2, 0) is 9.53 Å². The molecular formula is C26H34N4O2. The average Bonchev–Trinajstić information content (AvgIpc) is 3.65. The summed E-state index contributed by atoms with van der Waals surface area (Å²) in [7, 11) is 2.04. The quantitative estimate of drug-likeness (QED) is 0.563. The summed E-state index contributed by atoms with van der Waals surface area (Å²) in [5.41, 5.74) is 6.15. The van der Waals surface area contributed by atoms with Gasteiger partial charge in [0.05, 0.1) is 5.69 Å². The minimum Gasteiger partial charge on any atom is -0.385 e. The highest BCUT2D eigenvalue weighted by atomic mass is 16.5. The maximum atomic E-state index is 11.4. The summed E-state index contributed by atoms with van der Waals surface area (Å²) in [6.45, 7) is 8.92. The molecule has 2 heterocycles. The van der Waals surface area contributed by atoms with E-state index in [1.54, 1.807) is 0 Å². The van der Waals surface area contributed by atoms with Crippen molar-refractivity contribution in [2.24, 2.45) is 5.92 Å². The Kier molecular flexibility index (Phi) is 7.10. The zero-order valence-electron chi connectivity index (χ0n) is 19.2. The van der Waals surface area contributed by atoms with E-state index in [1.807, 2.05) is 19.3 Å². The van der Waals surface area contributed by atoms with E-state index >= 15 is 0 Å². The van der Waals surface area contributed by atoms with Crippen molar-refractivity contribution in [3.8, 4) is 0 Å². The molecule has 0 unspecified atom stereocenters. The summed E-state index contributed by atoms with van der Waals surface area (Å²) in [5, 5.41) is 6.37. The highest BCUT2D eigenvalue weighted by Gasteiger charge is 2.23. The number of ether oxygens (including phenoxy) is 1. The van der Waals surface area contributed by atoms with Crippen molar-refractivity contribution in [3.05, 3.63) is 59.5 Å². The molecule has 0 radical (unpaired) electrons. The van der Waals surface area contributed by atoms with Gasteiger partial charge in [-0.05, 0) is 68.2 Å². The van der Waals surface area contributed by atoms with Gasteiger partial charge in [0.2, 0.25) is 6.41 Å². The van der Waals surface area contributed by atoms with Gasteiger partial charge in [0.1, 0.15) is 0 Å². The Bertz CT molecular complexity index is 953. The first-order valence-electron chi connectivity index (χ1n) is 11.6. The third kappa shape index (κ3) is 5.30. The standard InChI is InChI=1S/C26H34N4O2/c1-18-5-4-6-21(19(2)27-15-20-7-8-20)13-24(18)22-14-25(29-17-31)26(28-16-22)30(3)23-9-11-32-12-10-23/h4,6,13-14,16-17,20,23,27H,2,5,7-12,15H2,1,3H3,(H,29,31). The molecule has 2 aliphatic carbocycles. The van der Waals surface area contributed by atoms with E-state index in [0.717, 1.165) is 85.3 Å². The molecule has 1 aliphatic heterocycles. The number of hydrogen-bond acceptors (Lipinski definition) is 5. The summed E-state index contributed by atoms with van der Waals surface area (Å²) in [4.78, 5) is 18.3. The largest absolute Gasteiger partial charge is 0.385 e. The van der Waals surface area contributed by atoms with Gasteiger partial charge in [0, 0.05) is 50.3 Å². The van der Waals surface area contributed by atoms with Gasteiger partial charge >= 0.3 is 0 Å². The van der Waals surface area contributed by atoms with Gasteiger partial charge in [-0.1, -0.05) is 24.3 Å². The molecule has 6 heteroatoms. The van der Waals surface area contributed by atoms with Crippen LogP contribution in [0.1, 0.15) is 44.6 Å². The molecule has 1 aromatic rings. The minimum atomic E-state index is 0.352. The SMILES string of the molecule is C=C(NCC1CC1)C1=CC(c2cnc(N(C)C3CCOCC3)c(NC=O)c2)=C(C)CC=C1. The zero-order valence-corrected chi connectivity index (χ0v) is 19.2. The minimum absolute atomic E-state index is 0.352. The van der Waals surface area contributed by atoms with Crippen molar-refractivity contribution in [2.75, 3.05) is 37.0 Å². The molecule has 2 fully saturated rings. The van der Waals surface area contributed by atoms with Crippen molar-refractivity contribution in [1.29, 1.82) is 0 Å². The van der Waals surface area contributed by atoms with Gasteiger partial charge in [0.25, 0.3) is 0 Å². The van der Waals surface area contributed by atoms with E-state index in [4.69, 9.17) is 9.72 Å². The van der Waals surface area contributed by atoms with Crippen LogP contribution in [0.5, 0.6) is 0 Å². The first-order valence-corrected chi connectivity index (χ1v) is 11.6. The number of hydrogen-bond donors (Lipinski definition) is 2. The van der Waals surface area contributed by atoms with Crippen molar-refractivity contribution in [1.82, 2.24) is 10.3 Å². The molecule has 32 heavy (non-hydrogen) atoms. The number of rotatable bonds is 9. The maximum Gasteiger partial charge on any atom is 0.211 e. The topological polar surface area (TPSA) is 66.5 Å². The lowest BCUT2D eigenvalue weighted by Crippen LogP contribution is -2.37. The number of nitrogens with zero attached hydrogens (tertiary/aromatic N) is 2. The van der Waals surface area contributed by atoms with E-state index in [9.17, 15) is 4.79 Å². The van der Waals surface area contributed by atoms with Gasteiger partial charge < -0.3 is 20.3 Å².